The fourth-order valence-electron chi connectivity index (χ4n) is 3.61. The average molecular weight is 349 g/mol. The quantitative estimate of drug-likeness (QED) is 0.769. The lowest BCUT2D eigenvalue weighted by Gasteiger charge is -2.19. The molecule has 134 valence electrons. The van der Waals surface area contributed by atoms with Crippen LogP contribution >= 0.6 is 0 Å². The predicted octanol–water partition coefficient (Wildman–Crippen LogP) is 2.61. The molecule has 0 bridgehead atoms. The lowest BCUT2D eigenvalue weighted by molar-refractivity contribution is 0.0950. The van der Waals surface area contributed by atoms with E-state index in [1.807, 2.05) is 53.1 Å². The number of hydrogen-bond donors (Lipinski definition) is 1. The Morgan fingerprint density at radius 2 is 2.04 bits per heavy atom. The molecule has 1 saturated heterocycles. The van der Waals surface area contributed by atoms with Gasteiger partial charge in [-0.1, -0.05) is 18.2 Å². The second kappa shape index (κ2) is 7.25. The number of carbonyl (C=O) groups is 1. The molecule has 4 rings (SSSR count). The molecule has 26 heavy (non-hydrogen) atoms. The smallest absolute Gasteiger partial charge is 0.251 e. The van der Waals surface area contributed by atoms with Crippen LogP contribution < -0.4 is 5.32 Å². The summed E-state index contributed by atoms with van der Waals surface area (Å²) in [5.74, 6) is 0.750. The number of nitrogens with one attached hydrogen (secondary N) is 1. The molecule has 1 atom stereocenters. The molecule has 6 heteroatoms. The van der Waals surface area contributed by atoms with E-state index < -0.39 is 0 Å². The zero-order valence-corrected chi connectivity index (χ0v) is 14.9. The fraction of sp³-hybridized carbons (Fsp3) is 0.350. The maximum Gasteiger partial charge on any atom is 0.251 e. The van der Waals surface area contributed by atoms with E-state index in [9.17, 15) is 4.79 Å². The number of hydrogen-bond acceptors (Lipinski definition) is 4. The van der Waals surface area contributed by atoms with Crippen molar-refractivity contribution in [3.05, 3.63) is 54.2 Å². The zero-order chi connectivity index (χ0) is 17.9. The van der Waals surface area contributed by atoms with Gasteiger partial charge in [0.25, 0.3) is 5.91 Å². The van der Waals surface area contributed by atoms with Crippen molar-refractivity contribution in [3.8, 4) is 11.4 Å². The van der Waals surface area contributed by atoms with Crippen molar-refractivity contribution in [2.45, 2.75) is 25.3 Å². The third kappa shape index (κ3) is 3.32. The van der Waals surface area contributed by atoms with Crippen molar-refractivity contribution < 1.29 is 4.79 Å². The van der Waals surface area contributed by atoms with Gasteiger partial charge in [0.1, 0.15) is 0 Å². The zero-order valence-electron chi connectivity index (χ0n) is 14.9. The van der Waals surface area contributed by atoms with Crippen molar-refractivity contribution >= 4 is 11.6 Å². The van der Waals surface area contributed by atoms with Gasteiger partial charge in [0, 0.05) is 29.9 Å². The number of rotatable bonds is 5. The highest BCUT2D eigenvalue weighted by Gasteiger charge is 2.20. The van der Waals surface area contributed by atoms with Crippen LogP contribution in [-0.4, -0.2) is 51.6 Å². The molecule has 1 N–H and O–H groups in total. The second-order valence-electron chi connectivity index (χ2n) is 6.85. The predicted molar refractivity (Wildman–Crippen MR) is 101 cm³/mol. The molecule has 6 nitrogen and oxygen atoms in total. The molecule has 0 spiro atoms. The number of amides is 1. The molecule has 2 aromatic heterocycles. The van der Waals surface area contributed by atoms with Crippen LogP contribution in [0.1, 0.15) is 29.6 Å². The van der Waals surface area contributed by atoms with Gasteiger partial charge in [0.15, 0.2) is 11.5 Å². The topological polar surface area (TPSA) is 62.5 Å². The van der Waals surface area contributed by atoms with Crippen molar-refractivity contribution in [2.75, 3.05) is 20.1 Å². The number of likely N-dealkylation sites (tertiary alicyclic amines) is 1. The number of carbonyl (C=O) groups excluding carboxylic acids is 1. The highest BCUT2D eigenvalue weighted by Crippen LogP contribution is 2.19. The van der Waals surface area contributed by atoms with Gasteiger partial charge in [-0.25, -0.2) is 0 Å². The molecule has 3 heterocycles. The maximum atomic E-state index is 12.4. The van der Waals surface area contributed by atoms with E-state index in [0.717, 1.165) is 30.0 Å². The summed E-state index contributed by atoms with van der Waals surface area (Å²) in [4.78, 5) is 14.7. The average Bonchev–Trinajstić information content (AvgIpc) is 3.28. The Bertz CT molecular complexity index is 902. The highest BCUT2D eigenvalue weighted by atomic mass is 16.1. The Kier molecular flexibility index (Phi) is 4.67. The third-order valence-electron chi connectivity index (χ3n) is 5.15. The van der Waals surface area contributed by atoms with Crippen LogP contribution in [0.5, 0.6) is 0 Å². The Hall–Kier alpha value is -2.73. The Labute approximate surface area is 152 Å². The van der Waals surface area contributed by atoms with Crippen LogP contribution in [0.4, 0.5) is 0 Å². The molecular formula is C20H23N5O. The van der Waals surface area contributed by atoms with Crippen molar-refractivity contribution in [2.24, 2.45) is 0 Å². The van der Waals surface area contributed by atoms with Crippen LogP contribution in [0.3, 0.4) is 0 Å². The van der Waals surface area contributed by atoms with Crippen LogP contribution in [0, 0.1) is 0 Å². The number of nitrogens with zero attached hydrogens (tertiary/aromatic N) is 4. The van der Waals surface area contributed by atoms with E-state index in [-0.39, 0.29) is 5.91 Å². The minimum Gasteiger partial charge on any atom is -0.352 e. The van der Waals surface area contributed by atoms with E-state index in [2.05, 4.69) is 27.5 Å². The van der Waals surface area contributed by atoms with Crippen LogP contribution in [-0.2, 0) is 0 Å². The van der Waals surface area contributed by atoms with E-state index in [4.69, 9.17) is 0 Å². The van der Waals surface area contributed by atoms with Gasteiger partial charge in [-0.15, -0.1) is 10.2 Å². The van der Waals surface area contributed by atoms with Crippen molar-refractivity contribution in [1.82, 2.24) is 24.8 Å². The summed E-state index contributed by atoms with van der Waals surface area (Å²) in [5, 5.41) is 11.4. The van der Waals surface area contributed by atoms with Gasteiger partial charge in [-0.2, -0.15) is 0 Å². The normalized spacial score (nSPS) is 17.7. The summed E-state index contributed by atoms with van der Waals surface area (Å²) < 4.78 is 1.94. The lowest BCUT2D eigenvalue weighted by Crippen LogP contribution is -2.31. The summed E-state index contributed by atoms with van der Waals surface area (Å²) >= 11 is 0. The lowest BCUT2D eigenvalue weighted by atomic mass is 10.1. The number of fused-ring (bicyclic) bond motifs is 1. The first-order valence-electron chi connectivity index (χ1n) is 9.11. The second-order valence-corrected chi connectivity index (χ2v) is 6.85. The van der Waals surface area contributed by atoms with E-state index in [1.54, 1.807) is 0 Å². The monoisotopic (exact) mass is 349 g/mol. The molecule has 0 aliphatic carbocycles. The van der Waals surface area contributed by atoms with Gasteiger partial charge >= 0.3 is 0 Å². The van der Waals surface area contributed by atoms with Gasteiger partial charge in [-0.3, -0.25) is 9.20 Å². The molecule has 1 aromatic carbocycles. The van der Waals surface area contributed by atoms with Gasteiger partial charge in [0.2, 0.25) is 0 Å². The minimum atomic E-state index is -0.0247. The fourth-order valence-corrected chi connectivity index (χ4v) is 3.61. The first-order valence-corrected chi connectivity index (χ1v) is 9.11. The summed E-state index contributed by atoms with van der Waals surface area (Å²) in [6.07, 6.45) is 5.43. The Morgan fingerprint density at radius 1 is 1.19 bits per heavy atom. The Balaban J connectivity index is 1.40. The third-order valence-corrected chi connectivity index (χ3v) is 5.15. The van der Waals surface area contributed by atoms with E-state index in [0.29, 0.717) is 18.2 Å². The summed E-state index contributed by atoms with van der Waals surface area (Å²) in [7, 11) is 2.16. The standard InChI is InChI=1S/C20H23N5O/c1-24-13-4-5-17(24)11-12-21-20(26)16-9-7-15(8-10-16)19-23-22-18-6-2-3-14-25(18)19/h2-3,6-10,14,17H,4-5,11-13H2,1H3,(H,21,26). The van der Waals surface area contributed by atoms with Crippen LogP contribution in [0.2, 0.25) is 0 Å². The molecule has 3 aromatic rings. The van der Waals surface area contributed by atoms with Crippen LogP contribution in [0.15, 0.2) is 48.7 Å². The Morgan fingerprint density at radius 3 is 2.81 bits per heavy atom. The molecule has 1 amide bonds. The van der Waals surface area contributed by atoms with Crippen LogP contribution in [0.25, 0.3) is 17.0 Å². The summed E-state index contributed by atoms with van der Waals surface area (Å²) in [6.45, 7) is 1.88. The van der Waals surface area contributed by atoms with Gasteiger partial charge in [0.05, 0.1) is 0 Å². The number of aromatic nitrogens is 3. The molecular weight excluding hydrogens is 326 g/mol. The molecule has 0 radical (unpaired) electrons. The molecule has 0 saturated carbocycles. The first-order chi connectivity index (χ1) is 12.7. The van der Waals surface area contributed by atoms with Gasteiger partial charge in [-0.05, 0) is 57.1 Å². The summed E-state index contributed by atoms with van der Waals surface area (Å²) in [5.41, 5.74) is 2.41. The molecule has 1 aliphatic rings. The number of pyridine rings is 1. The molecule has 1 fully saturated rings. The maximum absolute atomic E-state index is 12.4. The SMILES string of the molecule is CN1CCCC1CCNC(=O)c1ccc(-c2nnc3ccccn23)cc1. The largest absolute Gasteiger partial charge is 0.352 e. The van der Waals surface area contributed by atoms with Crippen molar-refractivity contribution in [3.63, 3.8) is 0 Å². The minimum absolute atomic E-state index is 0.0247. The molecule has 1 unspecified atom stereocenters. The summed E-state index contributed by atoms with van der Waals surface area (Å²) in [6, 6.07) is 13.9. The first kappa shape index (κ1) is 16.7. The number of benzene rings is 1. The highest BCUT2D eigenvalue weighted by molar-refractivity contribution is 5.94. The molecule has 1 aliphatic heterocycles. The van der Waals surface area contributed by atoms with Gasteiger partial charge < -0.3 is 10.2 Å². The van der Waals surface area contributed by atoms with E-state index in [1.165, 1.54) is 12.8 Å². The van der Waals surface area contributed by atoms with E-state index >= 15 is 0 Å². The van der Waals surface area contributed by atoms with Crippen molar-refractivity contribution in [1.29, 1.82) is 0 Å².